The van der Waals surface area contributed by atoms with Gasteiger partial charge in [-0.25, -0.2) is 9.59 Å². The van der Waals surface area contributed by atoms with E-state index in [1.54, 1.807) is 0 Å². The third kappa shape index (κ3) is 5.14. The van der Waals surface area contributed by atoms with Crippen molar-refractivity contribution in [1.29, 1.82) is 0 Å². The zero-order chi connectivity index (χ0) is 24.1. The topological polar surface area (TPSA) is 105 Å². The zero-order valence-corrected chi connectivity index (χ0v) is 19.0. The summed E-state index contributed by atoms with van der Waals surface area (Å²) < 4.78 is 5.62. The van der Waals surface area contributed by atoms with Gasteiger partial charge < -0.3 is 20.5 Å². The first kappa shape index (κ1) is 23.5. The second-order valence-corrected chi connectivity index (χ2v) is 8.94. The number of ether oxygens (including phenoxy) is 1. The Labute approximate surface area is 199 Å². The van der Waals surface area contributed by atoms with Crippen molar-refractivity contribution in [2.24, 2.45) is 5.92 Å². The number of aliphatic carboxylic acids is 1. The van der Waals surface area contributed by atoms with Gasteiger partial charge in [-0.1, -0.05) is 54.6 Å². The monoisotopic (exact) mass is 462 g/mol. The quantitative estimate of drug-likeness (QED) is 0.509. The summed E-state index contributed by atoms with van der Waals surface area (Å²) in [6, 6.07) is 15.4. The van der Waals surface area contributed by atoms with Gasteiger partial charge in [0.25, 0.3) is 0 Å². The third-order valence-electron chi connectivity index (χ3n) is 6.78. The minimum absolute atomic E-state index is 0.00956. The van der Waals surface area contributed by atoms with Crippen molar-refractivity contribution >= 4 is 18.0 Å². The Bertz CT molecular complexity index is 1030. The van der Waals surface area contributed by atoms with E-state index in [1.165, 1.54) is 28.3 Å². The van der Waals surface area contributed by atoms with Crippen LogP contribution in [0.25, 0.3) is 11.1 Å². The number of benzene rings is 2. The average molecular weight is 463 g/mol. The fourth-order valence-electron chi connectivity index (χ4n) is 4.98. The first-order valence-corrected chi connectivity index (χ1v) is 11.7. The Morgan fingerprint density at radius 1 is 1.00 bits per heavy atom. The molecule has 1 unspecified atom stereocenters. The molecule has 0 radical (unpaired) electrons. The maximum Gasteiger partial charge on any atom is 0.407 e. The molecule has 1 atom stereocenters. The van der Waals surface area contributed by atoms with Gasteiger partial charge in [0.2, 0.25) is 5.91 Å². The lowest BCUT2D eigenvalue weighted by molar-refractivity contribution is -0.142. The molecule has 4 rings (SSSR count). The summed E-state index contributed by atoms with van der Waals surface area (Å²) in [5.41, 5.74) is 4.70. The number of rotatable bonds is 8. The van der Waals surface area contributed by atoms with Crippen LogP contribution >= 0.6 is 0 Å². The van der Waals surface area contributed by atoms with Crippen LogP contribution in [0, 0.1) is 5.92 Å². The van der Waals surface area contributed by atoms with Crippen LogP contribution in [0.2, 0.25) is 0 Å². The summed E-state index contributed by atoms with van der Waals surface area (Å²) in [7, 11) is 0. The SMILES string of the molecule is C=CCC(NC(=O)C1CCC(NC(=O)OCC2c3ccccc3-c3ccccc32)CC1)C(=O)O. The molecule has 2 aromatic carbocycles. The lowest BCUT2D eigenvalue weighted by Crippen LogP contribution is -2.46. The molecule has 0 aromatic heterocycles. The van der Waals surface area contributed by atoms with Crippen molar-refractivity contribution in [3.63, 3.8) is 0 Å². The van der Waals surface area contributed by atoms with Crippen LogP contribution in [0.15, 0.2) is 61.2 Å². The highest BCUT2D eigenvalue weighted by molar-refractivity contribution is 5.85. The Kier molecular flexibility index (Phi) is 7.30. The number of nitrogens with one attached hydrogen (secondary N) is 2. The van der Waals surface area contributed by atoms with E-state index in [2.05, 4.69) is 41.5 Å². The summed E-state index contributed by atoms with van der Waals surface area (Å²) in [5.74, 6) is -1.57. The Morgan fingerprint density at radius 2 is 1.59 bits per heavy atom. The molecule has 2 aromatic rings. The minimum Gasteiger partial charge on any atom is -0.480 e. The molecule has 2 aliphatic rings. The Hall–Kier alpha value is -3.61. The molecule has 34 heavy (non-hydrogen) atoms. The van der Waals surface area contributed by atoms with Gasteiger partial charge in [-0.15, -0.1) is 6.58 Å². The fourth-order valence-corrected chi connectivity index (χ4v) is 4.98. The van der Waals surface area contributed by atoms with E-state index in [-0.39, 0.29) is 36.8 Å². The first-order valence-electron chi connectivity index (χ1n) is 11.7. The second-order valence-electron chi connectivity index (χ2n) is 8.94. The highest BCUT2D eigenvalue weighted by Gasteiger charge is 2.31. The van der Waals surface area contributed by atoms with Gasteiger partial charge in [-0.3, -0.25) is 4.79 Å². The van der Waals surface area contributed by atoms with Crippen LogP contribution in [0.3, 0.4) is 0 Å². The summed E-state index contributed by atoms with van der Waals surface area (Å²) in [6.45, 7) is 3.80. The number of carboxylic acids is 1. The van der Waals surface area contributed by atoms with Crippen LogP contribution in [-0.4, -0.2) is 41.8 Å². The molecule has 0 heterocycles. The van der Waals surface area contributed by atoms with Crippen molar-refractivity contribution in [3.8, 4) is 11.1 Å². The predicted molar refractivity (Wildman–Crippen MR) is 128 cm³/mol. The molecule has 178 valence electrons. The van der Waals surface area contributed by atoms with Gasteiger partial charge in [0.05, 0.1) is 0 Å². The molecule has 7 heteroatoms. The van der Waals surface area contributed by atoms with Crippen molar-refractivity contribution in [2.45, 2.75) is 50.1 Å². The molecule has 2 amide bonds. The van der Waals surface area contributed by atoms with Crippen LogP contribution in [0.1, 0.15) is 49.1 Å². The van der Waals surface area contributed by atoms with Crippen molar-refractivity contribution < 1.29 is 24.2 Å². The largest absolute Gasteiger partial charge is 0.480 e. The third-order valence-corrected chi connectivity index (χ3v) is 6.78. The molecule has 0 spiro atoms. The molecule has 0 saturated heterocycles. The van der Waals surface area contributed by atoms with Crippen LogP contribution < -0.4 is 10.6 Å². The highest BCUT2D eigenvalue weighted by Crippen LogP contribution is 2.44. The lowest BCUT2D eigenvalue weighted by atomic mass is 9.85. The van der Waals surface area contributed by atoms with E-state index in [9.17, 15) is 19.5 Å². The number of carbonyl (C=O) groups is 3. The number of fused-ring (bicyclic) bond motifs is 3. The molecule has 0 bridgehead atoms. The van der Waals surface area contributed by atoms with Crippen LogP contribution in [0.5, 0.6) is 0 Å². The summed E-state index contributed by atoms with van der Waals surface area (Å²) in [6.07, 6.45) is 3.66. The number of amides is 2. The van der Waals surface area contributed by atoms with Gasteiger partial charge in [-0.2, -0.15) is 0 Å². The molecule has 0 aliphatic heterocycles. The molecular formula is C27H30N2O5. The summed E-state index contributed by atoms with van der Waals surface area (Å²) in [4.78, 5) is 36.2. The van der Waals surface area contributed by atoms with Crippen LogP contribution in [0.4, 0.5) is 4.79 Å². The first-order chi connectivity index (χ1) is 16.5. The predicted octanol–water partition coefficient (Wildman–Crippen LogP) is 4.23. The molecule has 2 aliphatic carbocycles. The van der Waals surface area contributed by atoms with Crippen molar-refractivity contribution in [2.75, 3.05) is 6.61 Å². The van der Waals surface area contributed by atoms with E-state index >= 15 is 0 Å². The smallest absolute Gasteiger partial charge is 0.407 e. The molecule has 1 fully saturated rings. The van der Waals surface area contributed by atoms with Crippen molar-refractivity contribution in [1.82, 2.24) is 10.6 Å². The second kappa shape index (κ2) is 10.5. The van der Waals surface area contributed by atoms with Gasteiger partial charge in [0.1, 0.15) is 12.6 Å². The minimum atomic E-state index is -1.07. The average Bonchev–Trinajstić information content (AvgIpc) is 3.16. The number of carboxylic acid groups (broad SMARTS) is 1. The Morgan fingerprint density at radius 3 is 2.15 bits per heavy atom. The van der Waals surface area contributed by atoms with Crippen molar-refractivity contribution in [3.05, 3.63) is 72.3 Å². The fraction of sp³-hybridized carbons (Fsp3) is 0.370. The normalized spacial score (nSPS) is 19.9. The summed E-state index contributed by atoms with van der Waals surface area (Å²) >= 11 is 0. The number of alkyl carbamates (subject to hydrolysis) is 1. The molecule has 1 saturated carbocycles. The highest BCUT2D eigenvalue weighted by atomic mass is 16.5. The van der Waals surface area contributed by atoms with Gasteiger partial charge in [0.15, 0.2) is 0 Å². The van der Waals surface area contributed by atoms with E-state index < -0.39 is 18.1 Å². The Balaban J connectivity index is 1.26. The lowest BCUT2D eigenvalue weighted by Gasteiger charge is -2.29. The number of carbonyl (C=O) groups excluding carboxylic acids is 2. The standard InChI is InChI=1S/C27H30N2O5/c1-2-7-24(26(31)32)29-25(30)17-12-14-18(15-13-17)28-27(33)34-16-23-21-10-5-3-8-19(21)20-9-4-6-11-22(20)23/h2-6,8-11,17-18,23-24H,1,7,12-16H2,(H,28,33)(H,29,30)(H,31,32). The molecule has 7 nitrogen and oxygen atoms in total. The number of hydrogen-bond acceptors (Lipinski definition) is 4. The molecule has 3 N–H and O–H groups in total. The maximum absolute atomic E-state index is 12.5. The van der Waals surface area contributed by atoms with E-state index in [1.807, 2.05) is 24.3 Å². The maximum atomic E-state index is 12.5. The van der Waals surface area contributed by atoms with Gasteiger partial charge >= 0.3 is 12.1 Å². The van der Waals surface area contributed by atoms with E-state index in [4.69, 9.17) is 4.74 Å². The number of hydrogen-bond donors (Lipinski definition) is 3. The zero-order valence-electron chi connectivity index (χ0n) is 19.0. The van der Waals surface area contributed by atoms with E-state index in [0.29, 0.717) is 25.7 Å². The van der Waals surface area contributed by atoms with Gasteiger partial charge in [-0.05, 0) is 54.4 Å². The van der Waals surface area contributed by atoms with Crippen LogP contribution in [-0.2, 0) is 14.3 Å². The summed E-state index contributed by atoms with van der Waals surface area (Å²) in [5, 5.41) is 14.7. The molecular weight excluding hydrogens is 432 g/mol. The van der Waals surface area contributed by atoms with Gasteiger partial charge in [0, 0.05) is 17.9 Å². The van der Waals surface area contributed by atoms with E-state index in [0.717, 1.165) is 0 Å².